The molecule has 39 heavy (non-hydrogen) atoms. The van der Waals surface area contributed by atoms with Crippen LogP contribution in [-0.2, 0) is 17.4 Å². The Bertz CT molecular complexity index is 1560. The Morgan fingerprint density at radius 3 is 2.51 bits per heavy atom. The third-order valence-corrected chi connectivity index (χ3v) is 6.74. The van der Waals surface area contributed by atoms with Crippen molar-refractivity contribution in [1.29, 1.82) is 0 Å². The molecule has 0 radical (unpaired) electrons. The van der Waals surface area contributed by atoms with E-state index in [1.54, 1.807) is 4.90 Å². The number of alkyl halides is 3. The van der Waals surface area contributed by atoms with Crippen molar-refractivity contribution < 1.29 is 22.4 Å². The molecule has 0 aliphatic carbocycles. The summed E-state index contributed by atoms with van der Waals surface area (Å²) in [6.07, 6.45) is -4.66. The van der Waals surface area contributed by atoms with E-state index in [0.29, 0.717) is 24.7 Å². The van der Waals surface area contributed by atoms with Gasteiger partial charge in [0.2, 0.25) is 0 Å². The molecule has 0 spiro atoms. The summed E-state index contributed by atoms with van der Waals surface area (Å²) in [7, 11) is 0. The topological polar surface area (TPSA) is 96.5 Å². The molecule has 198 valence electrons. The molecule has 8 nitrogen and oxygen atoms in total. The highest BCUT2D eigenvalue weighted by molar-refractivity contribution is 6.16. The van der Waals surface area contributed by atoms with Crippen LogP contribution in [0.25, 0.3) is 11.6 Å². The second-order valence-electron chi connectivity index (χ2n) is 9.70. The maximum Gasteiger partial charge on any atom is 0.417 e. The van der Waals surface area contributed by atoms with Crippen molar-refractivity contribution in [3.05, 3.63) is 89.1 Å². The van der Waals surface area contributed by atoms with Crippen LogP contribution in [0.2, 0.25) is 0 Å². The number of aromatic nitrogens is 3. The summed E-state index contributed by atoms with van der Waals surface area (Å²) in [4.78, 5) is 23.8. The van der Waals surface area contributed by atoms with Crippen molar-refractivity contribution in [2.24, 2.45) is 10.9 Å². The lowest BCUT2D eigenvalue weighted by Crippen LogP contribution is -2.45. The minimum absolute atomic E-state index is 0.0580. The number of nitrogens with one attached hydrogen (secondary N) is 1. The van der Waals surface area contributed by atoms with E-state index in [1.165, 1.54) is 0 Å². The summed E-state index contributed by atoms with van der Waals surface area (Å²) < 4.78 is 45.9. The molecule has 11 heteroatoms. The first-order valence-corrected chi connectivity index (χ1v) is 12.4. The maximum atomic E-state index is 13.4. The van der Waals surface area contributed by atoms with E-state index in [2.05, 4.69) is 20.5 Å². The van der Waals surface area contributed by atoms with E-state index < -0.39 is 17.9 Å². The van der Waals surface area contributed by atoms with Gasteiger partial charge in [0, 0.05) is 36.8 Å². The van der Waals surface area contributed by atoms with Gasteiger partial charge in [-0.25, -0.2) is 4.98 Å². The van der Waals surface area contributed by atoms with Crippen LogP contribution in [0, 0.1) is 5.92 Å². The van der Waals surface area contributed by atoms with Gasteiger partial charge in [0.1, 0.15) is 0 Å². The fourth-order valence-corrected chi connectivity index (χ4v) is 4.80. The molecule has 6 rings (SSSR count). The van der Waals surface area contributed by atoms with E-state index in [0.717, 1.165) is 29.0 Å². The number of rotatable bonds is 5. The van der Waals surface area contributed by atoms with Crippen molar-refractivity contribution in [2.45, 2.75) is 25.7 Å². The van der Waals surface area contributed by atoms with Gasteiger partial charge in [-0.15, -0.1) is 5.10 Å². The molecule has 2 aromatic carbocycles. The Kier molecular flexibility index (Phi) is 6.13. The molecule has 1 N–H and O–H groups in total. The van der Waals surface area contributed by atoms with E-state index in [1.807, 2.05) is 61.5 Å². The van der Waals surface area contributed by atoms with Gasteiger partial charge in [-0.05, 0) is 17.5 Å². The van der Waals surface area contributed by atoms with Gasteiger partial charge < -0.3 is 14.6 Å². The summed E-state index contributed by atoms with van der Waals surface area (Å²) in [5, 5.41) is 10.9. The van der Waals surface area contributed by atoms with Crippen molar-refractivity contribution in [1.82, 2.24) is 15.2 Å². The number of nitrogens with zero attached hydrogens (tertiary/aromatic N) is 5. The minimum atomic E-state index is -4.54. The van der Waals surface area contributed by atoms with E-state index in [-0.39, 0.29) is 35.5 Å². The Balaban J connectivity index is 1.33. The van der Waals surface area contributed by atoms with Crippen molar-refractivity contribution in [3.63, 3.8) is 0 Å². The fraction of sp³-hybridized carbons (Fsp3) is 0.250. The lowest BCUT2D eigenvalue weighted by Gasteiger charge is -2.39. The molecule has 4 aromatic rings. The number of halogens is 3. The predicted molar refractivity (Wildman–Crippen MR) is 139 cm³/mol. The quantitative estimate of drug-likeness (QED) is 0.386. The highest BCUT2D eigenvalue weighted by Gasteiger charge is 2.35. The number of ketones is 1. The average Bonchev–Trinajstić information content (AvgIpc) is 3.32. The normalized spacial score (nSPS) is 17.7. The van der Waals surface area contributed by atoms with Crippen LogP contribution in [0.5, 0.6) is 0 Å². The highest BCUT2D eigenvalue weighted by atomic mass is 19.4. The van der Waals surface area contributed by atoms with Crippen LogP contribution < -0.4 is 10.2 Å². The number of pyridine rings is 1. The number of fused-ring (bicyclic) bond motifs is 1. The van der Waals surface area contributed by atoms with Gasteiger partial charge in [-0.2, -0.15) is 13.2 Å². The monoisotopic (exact) mass is 532 g/mol. The zero-order valence-corrected chi connectivity index (χ0v) is 20.8. The molecule has 2 aliphatic heterocycles. The lowest BCUT2D eigenvalue weighted by atomic mass is 9.96. The minimum Gasteiger partial charge on any atom is -0.402 e. The number of carbonyl (C=O) groups is 1. The van der Waals surface area contributed by atoms with Gasteiger partial charge in [-0.1, -0.05) is 66.6 Å². The largest absolute Gasteiger partial charge is 0.417 e. The molecular weight excluding hydrogens is 509 g/mol. The summed E-state index contributed by atoms with van der Waals surface area (Å²) in [6.45, 7) is 3.19. The SMILES string of the molecule is CC1CN(c2cc(C(F)(F)F)cnc2-c2nnc(N[C@H]3N=C(c4ccccc4)c4ccccc4CC3=O)o2)C1. The fourth-order valence-electron chi connectivity index (χ4n) is 4.80. The number of hydrogen-bond acceptors (Lipinski definition) is 8. The zero-order chi connectivity index (χ0) is 27.1. The predicted octanol–water partition coefficient (Wildman–Crippen LogP) is 5.01. The number of aliphatic imine (C=N–C) groups is 1. The smallest absolute Gasteiger partial charge is 0.402 e. The van der Waals surface area contributed by atoms with Crippen LogP contribution in [0.3, 0.4) is 0 Å². The summed E-state index contributed by atoms with van der Waals surface area (Å²) in [6, 6.07) is 18.1. The Morgan fingerprint density at radius 2 is 1.77 bits per heavy atom. The Labute approximate surface area is 221 Å². The number of benzene rings is 2. The van der Waals surface area contributed by atoms with E-state index in [4.69, 9.17) is 9.41 Å². The zero-order valence-electron chi connectivity index (χ0n) is 20.8. The molecule has 1 saturated heterocycles. The van der Waals surface area contributed by atoms with Gasteiger partial charge in [-0.3, -0.25) is 9.79 Å². The van der Waals surface area contributed by atoms with Crippen LogP contribution in [0.1, 0.15) is 29.2 Å². The van der Waals surface area contributed by atoms with E-state index in [9.17, 15) is 18.0 Å². The molecule has 1 fully saturated rings. The van der Waals surface area contributed by atoms with Crippen molar-refractivity contribution in [2.75, 3.05) is 23.3 Å². The van der Waals surface area contributed by atoms with Crippen molar-refractivity contribution >= 4 is 23.2 Å². The van der Waals surface area contributed by atoms with E-state index >= 15 is 0 Å². The maximum absolute atomic E-state index is 13.4. The first-order valence-electron chi connectivity index (χ1n) is 12.4. The molecule has 0 bridgehead atoms. The molecule has 2 aromatic heterocycles. The molecule has 2 aliphatic rings. The molecule has 4 heterocycles. The molecule has 1 atom stereocenters. The van der Waals surface area contributed by atoms with Crippen LogP contribution >= 0.6 is 0 Å². The molecular formula is C28H23F3N6O2. The van der Waals surface area contributed by atoms with Gasteiger partial charge in [0.05, 0.1) is 17.0 Å². The number of Topliss-reactive ketones (excluding diaryl/α,β-unsaturated/α-hetero) is 1. The van der Waals surface area contributed by atoms with Gasteiger partial charge in [0.15, 0.2) is 17.6 Å². The van der Waals surface area contributed by atoms with Crippen LogP contribution in [0.15, 0.2) is 76.3 Å². The third-order valence-electron chi connectivity index (χ3n) is 6.74. The first kappa shape index (κ1) is 24.8. The highest BCUT2D eigenvalue weighted by Crippen LogP contribution is 2.38. The van der Waals surface area contributed by atoms with Gasteiger partial charge in [0.25, 0.3) is 5.89 Å². The molecule has 0 saturated carbocycles. The van der Waals surface area contributed by atoms with Gasteiger partial charge >= 0.3 is 12.2 Å². The van der Waals surface area contributed by atoms with Crippen molar-refractivity contribution in [3.8, 4) is 11.6 Å². The summed E-state index contributed by atoms with van der Waals surface area (Å²) in [5.74, 6) is 0.0859. The Hall–Kier alpha value is -4.54. The first-order chi connectivity index (χ1) is 18.8. The second-order valence-corrected chi connectivity index (χ2v) is 9.70. The summed E-state index contributed by atoms with van der Waals surface area (Å²) in [5.41, 5.74) is 2.75. The number of hydrogen-bond donors (Lipinski definition) is 1. The Morgan fingerprint density at radius 1 is 1.03 bits per heavy atom. The lowest BCUT2D eigenvalue weighted by molar-refractivity contribution is -0.137. The number of carbonyl (C=O) groups excluding carboxylic acids is 1. The average molecular weight is 533 g/mol. The standard InChI is InChI=1S/C28H23F3N6O2/c1-16-14-37(15-16)21-12-19(28(29,30)31)13-32-24(21)26-35-36-27(39-26)34-25-22(38)11-18-9-5-6-10-20(18)23(33-25)17-7-3-2-4-8-17/h2-10,12-13,16,25H,11,14-15H2,1H3,(H,34,36)/t25-/m1/s1. The van der Waals surface area contributed by atoms with Crippen LogP contribution in [0.4, 0.5) is 24.9 Å². The molecule has 0 amide bonds. The third kappa shape index (κ3) is 4.87. The number of anilines is 2. The molecule has 0 unspecified atom stereocenters. The van der Waals surface area contributed by atoms with Crippen LogP contribution in [-0.4, -0.2) is 45.9 Å². The second kappa shape index (κ2) is 9.64. The summed E-state index contributed by atoms with van der Waals surface area (Å²) >= 11 is 0.